The van der Waals surface area contributed by atoms with Crippen molar-refractivity contribution >= 4 is 22.6 Å². The van der Waals surface area contributed by atoms with Crippen molar-refractivity contribution in [3.63, 3.8) is 0 Å². The summed E-state index contributed by atoms with van der Waals surface area (Å²) in [5.41, 5.74) is -1.06. The number of ether oxygens (including phenoxy) is 2. The Morgan fingerprint density at radius 1 is 1.06 bits per heavy atom. The Labute approximate surface area is 190 Å². The summed E-state index contributed by atoms with van der Waals surface area (Å²) < 4.78 is 11.5. The molecule has 10 nitrogen and oxygen atoms in total. The minimum absolute atomic E-state index is 0.0837. The summed E-state index contributed by atoms with van der Waals surface area (Å²) in [6.45, 7) is 2.68. The highest BCUT2D eigenvalue weighted by molar-refractivity contribution is 5.81. The van der Waals surface area contributed by atoms with Gasteiger partial charge < -0.3 is 14.8 Å². The first-order chi connectivity index (χ1) is 16.0. The van der Waals surface area contributed by atoms with Crippen LogP contribution in [0.3, 0.4) is 0 Å². The fraction of sp³-hybridized carbons (Fsp3) is 0.565. The van der Waals surface area contributed by atoms with Gasteiger partial charge in [-0.2, -0.15) is 0 Å². The Kier molecular flexibility index (Phi) is 7.24. The number of aromatic nitrogens is 2. The number of fused-ring (bicyclic) bond motifs is 1. The normalized spacial score (nSPS) is 18.7. The van der Waals surface area contributed by atoms with Gasteiger partial charge in [-0.05, 0) is 25.0 Å². The van der Waals surface area contributed by atoms with E-state index in [1.54, 1.807) is 18.2 Å². The maximum atomic E-state index is 12.5. The molecule has 0 atom stereocenters. The lowest BCUT2D eigenvalue weighted by molar-refractivity contribution is -0.149. The van der Waals surface area contributed by atoms with Gasteiger partial charge in [0.25, 0.3) is 17.0 Å². The van der Waals surface area contributed by atoms with Gasteiger partial charge in [0.1, 0.15) is 6.54 Å². The molecule has 33 heavy (non-hydrogen) atoms. The number of amides is 1. The molecule has 1 saturated carbocycles. The summed E-state index contributed by atoms with van der Waals surface area (Å²) in [6.07, 6.45) is 5.49. The molecule has 0 radical (unpaired) electrons. The number of nitrogens with one attached hydrogen (secondary N) is 2. The summed E-state index contributed by atoms with van der Waals surface area (Å²) in [5.74, 6) is -1.17. The molecule has 1 aliphatic carbocycles. The summed E-state index contributed by atoms with van der Waals surface area (Å²) in [4.78, 5) is 51.7. The second-order valence-corrected chi connectivity index (χ2v) is 8.70. The van der Waals surface area contributed by atoms with Crippen LogP contribution in [0.5, 0.6) is 0 Å². The molecule has 2 aromatic rings. The number of morpholine rings is 1. The zero-order chi connectivity index (χ0) is 23.3. The Bertz CT molecular complexity index is 1110. The minimum Gasteiger partial charge on any atom is -0.454 e. The smallest absolute Gasteiger partial charge is 0.328 e. The SMILES string of the molecule is O=C(COC(=O)Cn1[nH]c(=O)c2ccccc2c1=O)NCC1(N2CCOCC2)CCCCC1. The Morgan fingerprint density at radius 3 is 2.48 bits per heavy atom. The van der Waals surface area contributed by atoms with Gasteiger partial charge in [0, 0.05) is 25.2 Å². The number of carbonyl (C=O) groups is 2. The van der Waals surface area contributed by atoms with E-state index in [9.17, 15) is 19.2 Å². The maximum Gasteiger partial charge on any atom is 0.328 e. The monoisotopic (exact) mass is 458 g/mol. The van der Waals surface area contributed by atoms with E-state index in [0.29, 0.717) is 19.8 Å². The van der Waals surface area contributed by atoms with Crippen molar-refractivity contribution in [3.8, 4) is 0 Å². The van der Waals surface area contributed by atoms with E-state index in [4.69, 9.17) is 9.47 Å². The zero-order valence-electron chi connectivity index (χ0n) is 18.6. The van der Waals surface area contributed by atoms with Crippen molar-refractivity contribution in [2.24, 2.45) is 0 Å². The fourth-order valence-corrected chi connectivity index (χ4v) is 4.85. The third kappa shape index (κ3) is 5.33. The highest BCUT2D eigenvalue weighted by Crippen LogP contribution is 2.33. The number of hydrogen-bond donors (Lipinski definition) is 2. The van der Waals surface area contributed by atoms with Crippen LogP contribution in [0.2, 0.25) is 0 Å². The molecule has 1 saturated heterocycles. The molecule has 1 aliphatic heterocycles. The lowest BCUT2D eigenvalue weighted by atomic mass is 9.79. The number of H-pyrrole nitrogens is 1. The van der Waals surface area contributed by atoms with Crippen molar-refractivity contribution in [1.82, 2.24) is 20.0 Å². The average molecular weight is 459 g/mol. The van der Waals surface area contributed by atoms with Gasteiger partial charge >= 0.3 is 5.97 Å². The number of benzene rings is 1. The van der Waals surface area contributed by atoms with Crippen LogP contribution in [0.4, 0.5) is 0 Å². The quantitative estimate of drug-likeness (QED) is 0.575. The summed E-state index contributed by atoms with van der Waals surface area (Å²) >= 11 is 0. The summed E-state index contributed by atoms with van der Waals surface area (Å²) in [5, 5.41) is 5.78. The first kappa shape index (κ1) is 23.2. The number of rotatable bonds is 7. The molecule has 0 bridgehead atoms. The van der Waals surface area contributed by atoms with Crippen molar-refractivity contribution in [2.45, 2.75) is 44.2 Å². The number of carbonyl (C=O) groups excluding carboxylic acids is 2. The molecule has 1 aromatic heterocycles. The molecule has 2 aliphatic rings. The molecular formula is C23H30N4O6. The Morgan fingerprint density at radius 2 is 1.76 bits per heavy atom. The molecule has 0 unspecified atom stereocenters. The van der Waals surface area contributed by atoms with E-state index in [1.165, 1.54) is 12.5 Å². The third-order valence-electron chi connectivity index (χ3n) is 6.62. The number of esters is 1. The summed E-state index contributed by atoms with van der Waals surface area (Å²) in [7, 11) is 0. The van der Waals surface area contributed by atoms with Crippen LogP contribution in [0.1, 0.15) is 32.1 Å². The Hall–Kier alpha value is -2.98. The number of aromatic amines is 1. The van der Waals surface area contributed by atoms with E-state index in [2.05, 4.69) is 15.3 Å². The van der Waals surface area contributed by atoms with Crippen LogP contribution in [-0.4, -0.2) is 71.6 Å². The van der Waals surface area contributed by atoms with E-state index in [1.807, 2.05) is 0 Å². The predicted molar refractivity (Wildman–Crippen MR) is 121 cm³/mol. The van der Waals surface area contributed by atoms with Crippen LogP contribution in [0.25, 0.3) is 10.8 Å². The van der Waals surface area contributed by atoms with Crippen LogP contribution < -0.4 is 16.4 Å². The number of hydrogen-bond acceptors (Lipinski definition) is 7. The van der Waals surface area contributed by atoms with Crippen LogP contribution in [0, 0.1) is 0 Å². The van der Waals surface area contributed by atoms with E-state index >= 15 is 0 Å². The maximum absolute atomic E-state index is 12.5. The van der Waals surface area contributed by atoms with E-state index in [-0.39, 0.29) is 22.2 Å². The van der Waals surface area contributed by atoms with E-state index < -0.39 is 30.2 Å². The lowest BCUT2D eigenvalue weighted by Crippen LogP contribution is -2.59. The average Bonchev–Trinajstić information content (AvgIpc) is 2.86. The van der Waals surface area contributed by atoms with Gasteiger partial charge in [-0.25, -0.2) is 4.68 Å². The van der Waals surface area contributed by atoms with Crippen molar-refractivity contribution in [2.75, 3.05) is 39.5 Å². The van der Waals surface area contributed by atoms with Crippen LogP contribution in [0.15, 0.2) is 33.9 Å². The van der Waals surface area contributed by atoms with Gasteiger partial charge in [-0.3, -0.25) is 29.2 Å². The van der Waals surface area contributed by atoms with Crippen molar-refractivity contribution in [1.29, 1.82) is 0 Å². The molecule has 1 aromatic carbocycles. The molecular weight excluding hydrogens is 428 g/mol. The second-order valence-electron chi connectivity index (χ2n) is 8.70. The van der Waals surface area contributed by atoms with Gasteiger partial charge in [-0.15, -0.1) is 0 Å². The molecule has 178 valence electrons. The lowest BCUT2D eigenvalue weighted by Gasteiger charge is -2.48. The highest BCUT2D eigenvalue weighted by atomic mass is 16.5. The molecule has 2 fully saturated rings. The third-order valence-corrected chi connectivity index (χ3v) is 6.62. The molecule has 10 heteroatoms. The first-order valence-electron chi connectivity index (χ1n) is 11.5. The van der Waals surface area contributed by atoms with Crippen molar-refractivity contribution in [3.05, 3.63) is 45.0 Å². The first-order valence-corrected chi connectivity index (χ1v) is 11.5. The largest absolute Gasteiger partial charge is 0.454 e. The van der Waals surface area contributed by atoms with E-state index in [0.717, 1.165) is 43.5 Å². The highest BCUT2D eigenvalue weighted by Gasteiger charge is 2.38. The minimum atomic E-state index is -0.779. The second kappa shape index (κ2) is 10.3. The fourth-order valence-electron chi connectivity index (χ4n) is 4.85. The van der Waals surface area contributed by atoms with Gasteiger partial charge in [0.15, 0.2) is 6.61 Å². The Balaban J connectivity index is 1.32. The van der Waals surface area contributed by atoms with Crippen molar-refractivity contribution < 1.29 is 19.1 Å². The van der Waals surface area contributed by atoms with Gasteiger partial charge in [0.2, 0.25) is 0 Å². The number of nitrogens with zero attached hydrogens (tertiary/aromatic N) is 2. The van der Waals surface area contributed by atoms with Gasteiger partial charge in [0.05, 0.1) is 24.0 Å². The standard InChI is InChI=1S/C23H30N4O6/c28-19(24-16-23(8-4-1-5-9-23)26-10-12-32-13-11-26)15-33-20(29)14-27-22(31)18-7-3-2-6-17(18)21(30)25-27/h2-3,6-7H,1,4-5,8-16H2,(H,24,28)(H,25,30). The predicted octanol–water partition coefficient (Wildman–Crippen LogP) is 0.384. The van der Waals surface area contributed by atoms with Crippen LogP contribution >= 0.6 is 0 Å². The summed E-state index contributed by atoms with van der Waals surface area (Å²) in [6, 6.07) is 6.37. The topological polar surface area (TPSA) is 123 Å². The molecule has 1 amide bonds. The molecule has 2 N–H and O–H groups in total. The van der Waals surface area contributed by atoms with Gasteiger partial charge in [-0.1, -0.05) is 31.4 Å². The molecule has 2 heterocycles. The van der Waals surface area contributed by atoms with Crippen LogP contribution in [-0.2, 0) is 25.6 Å². The molecule has 0 spiro atoms. The zero-order valence-corrected chi connectivity index (χ0v) is 18.6. The molecule has 4 rings (SSSR count).